The third-order valence-electron chi connectivity index (χ3n) is 7.04. The molecule has 2 heterocycles. The summed E-state index contributed by atoms with van der Waals surface area (Å²) in [5.74, 6) is 2.05. The highest BCUT2D eigenvalue weighted by Crippen LogP contribution is 2.41. The molecule has 0 unspecified atom stereocenters. The Kier molecular flexibility index (Phi) is 4.66. The monoisotopic (exact) mass is 433 g/mol. The molecular weight excluding hydrogens is 406 g/mol. The van der Waals surface area contributed by atoms with Crippen molar-refractivity contribution in [3.63, 3.8) is 0 Å². The van der Waals surface area contributed by atoms with Gasteiger partial charge in [0.1, 0.15) is 22.9 Å². The Morgan fingerprint density at radius 3 is 2.36 bits per heavy atom. The normalized spacial score (nSPS) is 18.2. The van der Waals surface area contributed by atoms with E-state index >= 15 is 0 Å². The number of nitrogens with two attached hydrogens (primary N) is 1. The predicted molar refractivity (Wildman–Crippen MR) is 135 cm³/mol. The Balaban J connectivity index is 1.47. The average molecular weight is 434 g/mol. The maximum Gasteiger partial charge on any atom is 0.150 e. The van der Waals surface area contributed by atoms with Crippen molar-refractivity contribution in [2.75, 3.05) is 19.8 Å². The minimum Gasteiger partial charge on any atom is -0.382 e. The SMILES string of the molecule is CN(C)C1CC(c2nc(-c3ccc4ccc(-c5ccccc5)cc4c3)c3c(N)nccn23)C1. The van der Waals surface area contributed by atoms with Crippen molar-refractivity contribution < 1.29 is 0 Å². The first-order chi connectivity index (χ1) is 16.1. The van der Waals surface area contributed by atoms with E-state index in [0.717, 1.165) is 35.4 Å². The number of benzene rings is 3. The third-order valence-corrected chi connectivity index (χ3v) is 7.04. The number of aromatic nitrogens is 3. The quantitative estimate of drug-likeness (QED) is 0.400. The highest BCUT2D eigenvalue weighted by Gasteiger charge is 2.35. The zero-order valence-corrected chi connectivity index (χ0v) is 18.9. The first kappa shape index (κ1) is 19.9. The van der Waals surface area contributed by atoms with Crippen LogP contribution in [0.3, 0.4) is 0 Å². The van der Waals surface area contributed by atoms with Crippen LogP contribution in [0.15, 0.2) is 79.1 Å². The molecule has 0 bridgehead atoms. The molecule has 0 spiro atoms. The summed E-state index contributed by atoms with van der Waals surface area (Å²) in [6.45, 7) is 0. The van der Waals surface area contributed by atoms with Crippen LogP contribution in [0.5, 0.6) is 0 Å². The van der Waals surface area contributed by atoms with Crippen LogP contribution in [0.25, 0.3) is 38.7 Å². The molecule has 0 radical (unpaired) electrons. The first-order valence-electron chi connectivity index (χ1n) is 11.5. The lowest BCUT2D eigenvalue weighted by molar-refractivity contribution is 0.161. The molecule has 164 valence electrons. The number of nitrogens with zero attached hydrogens (tertiary/aromatic N) is 4. The minimum absolute atomic E-state index is 0.436. The van der Waals surface area contributed by atoms with E-state index in [4.69, 9.17) is 10.7 Å². The molecule has 0 aliphatic heterocycles. The second kappa shape index (κ2) is 7.71. The number of fused-ring (bicyclic) bond motifs is 2. The second-order valence-corrected chi connectivity index (χ2v) is 9.28. The van der Waals surface area contributed by atoms with Crippen molar-refractivity contribution in [1.29, 1.82) is 0 Å². The predicted octanol–water partition coefficient (Wildman–Crippen LogP) is 5.61. The number of imidazole rings is 1. The Hall–Kier alpha value is -3.70. The molecule has 3 aromatic carbocycles. The molecule has 1 aliphatic rings. The van der Waals surface area contributed by atoms with E-state index in [9.17, 15) is 0 Å². The van der Waals surface area contributed by atoms with Gasteiger partial charge < -0.3 is 10.6 Å². The molecule has 6 rings (SSSR count). The summed E-state index contributed by atoms with van der Waals surface area (Å²) in [4.78, 5) is 11.8. The van der Waals surface area contributed by atoms with Gasteiger partial charge in [-0.25, -0.2) is 9.97 Å². The van der Waals surface area contributed by atoms with Gasteiger partial charge in [-0.1, -0.05) is 54.6 Å². The fourth-order valence-corrected chi connectivity index (χ4v) is 5.00. The van der Waals surface area contributed by atoms with Gasteiger partial charge in [-0.15, -0.1) is 0 Å². The summed E-state index contributed by atoms with van der Waals surface area (Å²) in [5, 5.41) is 2.40. The van der Waals surface area contributed by atoms with Gasteiger partial charge in [-0.3, -0.25) is 4.40 Å². The lowest BCUT2D eigenvalue weighted by Gasteiger charge is -2.38. The van der Waals surface area contributed by atoms with E-state index in [0.29, 0.717) is 17.8 Å². The van der Waals surface area contributed by atoms with Crippen molar-refractivity contribution in [2.24, 2.45) is 0 Å². The van der Waals surface area contributed by atoms with Crippen LogP contribution in [0.2, 0.25) is 0 Å². The summed E-state index contributed by atoms with van der Waals surface area (Å²) >= 11 is 0. The number of rotatable bonds is 4. The number of nitrogen functional groups attached to an aromatic ring is 1. The average Bonchev–Trinajstić information content (AvgIpc) is 3.18. The molecular formula is C28H27N5. The van der Waals surface area contributed by atoms with Crippen LogP contribution in [0.4, 0.5) is 5.82 Å². The van der Waals surface area contributed by atoms with Gasteiger partial charge in [0.15, 0.2) is 0 Å². The van der Waals surface area contributed by atoms with E-state index in [-0.39, 0.29) is 0 Å². The minimum atomic E-state index is 0.436. The fourth-order valence-electron chi connectivity index (χ4n) is 5.00. The second-order valence-electron chi connectivity index (χ2n) is 9.28. The van der Waals surface area contributed by atoms with Crippen molar-refractivity contribution >= 4 is 22.1 Å². The third kappa shape index (κ3) is 3.36. The molecule has 5 nitrogen and oxygen atoms in total. The van der Waals surface area contributed by atoms with Gasteiger partial charge in [0.05, 0.1) is 0 Å². The van der Waals surface area contributed by atoms with Crippen LogP contribution in [-0.4, -0.2) is 39.4 Å². The highest BCUT2D eigenvalue weighted by atomic mass is 15.1. The van der Waals surface area contributed by atoms with Crippen molar-refractivity contribution in [2.45, 2.75) is 24.8 Å². The Morgan fingerprint density at radius 2 is 1.61 bits per heavy atom. The summed E-state index contributed by atoms with van der Waals surface area (Å²) in [7, 11) is 4.30. The Bertz CT molecular complexity index is 1460. The summed E-state index contributed by atoms with van der Waals surface area (Å²) in [6, 6.07) is 24.3. The van der Waals surface area contributed by atoms with E-state index in [2.05, 4.69) is 89.0 Å². The van der Waals surface area contributed by atoms with Crippen LogP contribution < -0.4 is 5.73 Å². The van der Waals surface area contributed by atoms with Gasteiger partial charge in [-0.2, -0.15) is 0 Å². The van der Waals surface area contributed by atoms with E-state index in [1.807, 2.05) is 12.3 Å². The highest BCUT2D eigenvalue weighted by molar-refractivity contribution is 5.94. The lowest BCUT2D eigenvalue weighted by Crippen LogP contribution is -2.39. The fraction of sp³-hybridized carbons (Fsp3) is 0.214. The molecule has 5 heteroatoms. The summed E-state index contributed by atoms with van der Waals surface area (Å²) < 4.78 is 2.15. The zero-order chi connectivity index (χ0) is 22.5. The van der Waals surface area contributed by atoms with E-state index < -0.39 is 0 Å². The van der Waals surface area contributed by atoms with Gasteiger partial charge >= 0.3 is 0 Å². The molecule has 1 aliphatic carbocycles. The van der Waals surface area contributed by atoms with E-state index in [1.54, 1.807) is 6.20 Å². The number of hydrogen-bond acceptors (Lipinski definition) is 4. The van der Waals surface area contributed by atoms with Crippen LogP contribution in [-0.2, 0) is 0 Å². The number of anilines is 1. The largest absolute Gasteiger partial charge is 0.382 e. The topological polar surface area (TPSA) is 59.5 Å². The maximum atomic E-state index is 6.38. The zero-order valence-electron chi connectivity index (χ0n) is 18.9. The Morgan fingerprint density at radius 1 is 0.879 bits per heavy atom. The molecule has 0 amide bonds. The standard InChI is InChI=1S/C28H27N5/c1-32(2)24-16-23(17-24)28-31-25(26-27(29)30-12-13-33(26)28)21-11-9-19-8-10-20(14-22(19)15-21)18-6-4-3-5-7-18/h3-15,23-24H,16-17H2,1-2H3,(H2,29,30). The first-order valence-corrected chi connectivity index (χ1v) is 11.5. The van der Waals surface area contributed by atoms with Crippen molar-refractivity contribution in [1.82, 2.24) is 19.3 Å². The van der Waals surface area contributed by atoms with E-state index in [1.165, 1.54) is 21.9 Å². The van der Waals surface area contributed by atoms with Gasteiger partial charge in [0.25, 0.3) is 0 Å². The van der Waals surface area contributed by atoms with Gasteiger partial charge in [-0.05, 0) is 61.0 Å². The van der Waals surface area contributed by atoms with Crippen LogP contribution in [0, 0.1) is 0 Å². The van der Waals surface area contributed by atoms with Crippen LogP contribution in [0.1, 0.15) is 24.6 Å². The Labute approximate surface area is 193 Å². The molecule has 1 fully saturated rings. The summed E-state index contributed by atoms with van der Waals surface area (Å²) in [6.07, 6.45) is 6.00. The molecule has 0 atom stereocenters. The molecule has 5 aromatic rings. The molecule has 1 saturated carbocycles. The van der Waals surface area contributed by atoms with Crippen molar-refractivity contribution in [3.05, 3.63) is 84.9 Å². The molecule has 0 saturated heterocycles. The van der Waals surface area contributed by atoms with Gasteiger partial charge in [0, 0.05) is 29.9 Å². The molecule has 2 N–H and O–H groups in total. The molecule has 2 aromatic heterocycles. The lowest BCUT2D eigenvalue weighted by atomic mass is 9.79. The number of hydrogen-bond donors (Lipinski definition) is 1. The summed E-state index contributed by atoms with van der Waals surface area (Å²) in [5.41, 5.74) is 11.7. The van der Waals surface area contributed by atoms with Crippen LogP contribution >= 0.6 is 0 Å². The smallest absolute Gasteiger partial charge is 0.150 e. The van der Waals surface area contributed by atoms with Crippen molar-refractivity contribution in [3.8, 4) is 22.4 Å². The van der Waals surface area contributed by atoms with Gasteiger partial charge in [0.2, 0.25) is 0 Å². The molecule has 33 heavy (non-hydrogen) atoms. The maximum absolute atomic E-state index is 6.38.